The van der Waals surface area contributed by atoms with Gasteiger partial charge in [-0.3, -0.25) is 4.79 Å². The lowest BCUT2D eigenvalue weighted by molar-refractivity contribution is 0.0936. The summed E-state index contributed by atoms with van der Waals surface area (Å²) in [6.45, 7) is 7.97. The molecule has 8 heteroatoms. The molecule has 7 nitrogen and oxygen atoms in total. The van der Waals surface area contributed by atoms with Crippen molar-refractivity contribution in [3.05, 3.63) is 29.3 Å². The van der Waals surface area contributed by atoms with Gasteiger partial charge < -0.3 is 15.0 Å². The van der Waals surface area contributed by atoms with Crippen LogP contribution in [-0.2, 0) is 14.8 Å². The highest BCUT2D eigenvalue weighted by Crippen LogP contribution is 2.21. The Morgan fingerprint density at radius 2 is 1.92 bits per heavy atom. The smallest absolute Gasteiger partial charge is 0.251 e. The van der Waals surface area contributed by atoms with Crippen LogP contribution in [0.1, 0.15) is 22.8 Å². The Labute approximate surface area is 150 Å². The van der Waals surface area contributed by atoms with E-state index in [0.717, 1.165) is 25.2 Å². The Kier molecular flexibility index (Phi) is 6.95. The molecule has 0 spiro atoms. The minimum Gasteiger partial charge on any atom is -0.383 e. The lowest BCUT2D eigenvalue weighted by atomic mass is 10.1. The number of amides is 1. The predicted molar refractivity (Wildman–Crippen MR) is 96.3 cm³/mol. The van der Waals surface area contributed by atoms with Crippen molar-refractivity contribution >= 4 is 15.9 Å². The van der Waals surface area contributed by atoms with Gasteiger partial charge in [-0.25, -0.2) is 8.42 Å². The van der Waals surface area contributed by atoms with Crippen LogP contribution in [0.25, 0.3) is 0 Å². The number of sulfonamides is 1. The van der Waals surface area contributed by atoms with Crippen LogP contribution in [0.4, 0.5) is 0 Å². The molecule has 1 amide bonds. The van der Waals surface area contributed by atoms with E-state index in [-0.39, 0.29) is 10.8 Å². The molecule has 0 unspecified atom stereocenters. The van der Waals surface area contributed by atoms with Gasteiger partial charge in [0.05, 0.1) is 11.5 Å². The van der Waals surface area contributed by atoms with Gasteiger partial charge in [0.1, 0.15) is 0 Å². The first-order valence-corrected chi connectivity index (χ1v) is 9.94. The summed E-state index contributed by atoms with van der Waals surface area (Å²) in [6.07, 6.45) is 0. The molecule has 0 radical (unpaired) electrons. The topological polar surface area (TPSA) is 79.0 Å². The third-order valence-electron chi connectivity index (χ3n) is 4.46. The van der Waals surface area contributed by atoms with Crippen LogP contribution in [0.5, 0.6) is 0 Å². The summed E-state index contributed by atoms with van der Waals surface area (Å²) in [6, 6.07) is 4.72. The van der Waals surface area contributed by atoms with Gasteiger partial charge in [0.2, 0.25) is 10.0 Å². The Hall–Kier alpha value is -1.48. The van der Waals surface area contributed by atoms with Gasteiger partial charge >= 0.3 is 0 Å². The quantitative estimate of drug-likeness (QED) is 0.716. The zero-order valence-corrected chi connectivity index (χ0v) is 15.9. The zero-order valence-electron chi connectivity index (χ0n) is 15.1. The van der Waals surface area contributed by atoms with Crippen molar-refractivity contribution in [2.75, 3.05) is 53.0 Å². The minimum atomic E-state index is -3.59. The molecule has 0 bridgehead atoms. The number of ether oxygens (including phenoxy) is 1. The van der Waals surface area contributed by atoms with Crippen LogP contribution in [0.2, 0.25) is 0 Å². The summed E-state index contributed by atoms with van der Waals surface area (Å²) >= 11 is 0. The van der Waals surface area contributed by atoms with Gasteiger partial charge in [-0.1, -0.05) is 13.0 Å². The molecule has 1 aliphatic rings. The number of aryl methyl sites for hydroxylation is 1. The van der Waals surface area contributed by atoms with Crippen molar-refractivity contribution in [2.45, 2.75) is 18.7 Å². The van der Waals surface area contributed by atoms with E-state index in [1.807, 2.05) is 0 Å². The highest BCUT2D eigenvalue weighted by molar-refractivity contribution is 7.89. The molecule has 0 atom stereocenters. The first-order valence-electron chi connectivity index (χ1n) is 8.50. The van der Waals surface area contributed by atoms with Gasteiger partial charge in [0.25, 0.3) is 5.91 Å². The number of hydrogen-bond donors (Lipinski definition) is 1. The normalized spacial score (nSPS) is 16.8. The van der Waals surface area contributed by atoms with Gasteiger partial charge in [0.15, 0.2) is 0 Å². The average Bonchev–Trinajstić information content (AvgIpc) is 2.62. The Balaban J connectivity index is 2.18. The van der Waals surface area contributed by atoms with Gasteiger partial charge in [-0.05, 0) is 31.2 Å². The molecular weight excluding hydrogens is 342 g/mol. The summed E-state index contributed by atoms with van der Waals surface area (Å²) in [5, 5.41) is 2.73. The van der Waals surface area contributed by atoms with E-state index in [9.17, 15) is 13.2 Å². The maximum absolute atomic E-state index is 12.9. The number of nitrogens with one attached hydrogen (secondary N) is 1. The van der Waals surface area contributed by atoms with E-state index >= 15 is 0 Å². The van der Waals surface area contributed by atoms with Crippen LogP contribution < -0.4 is 5.32 Å². The number of carbonyl (C=O) groups excluding carboxylic acids is 1. The Morgan fingerprint density at radius 1 is 1.24 bits per heavy atom. The predicted octanol–water partition coefficient (Wildman–Crippen LogP) is 0.697. The molecule has 2 rings (SSSR count). The van der Waals surface area contributed by atoms with E-state index < -0.39 is 10.0 Å². The maximum atomic E-state index is 12.9. The van der Waals surface area contributed by atoms with Crippen LogP contribution in [-0.4, -0.2) is 76.5 Å². The van der Waals surface area contributed by atoms with Crippen molar-refractivity contribution in [3.63, 3.8) is 0 Å². The second-order valence-corrected chi connectivity index (χ2v) is 8.00. The van der Waals surface area contributed by atoms with E-state index in [1.54, 1.807) is 26.2 Å². The molecular formula is C17H27N3O4S. The minimum absolute atomic E-state index is 0.167. The van der Waals surface area contributed by atoms with Crippen molar-refractivity contribution in [3.8, 4) is 0 Å². The average molecular weight is 369 g/mol. The van der Waals surface area contributed by atoms with E-state index in [0.29, 0.717) is 31.8 Å². The monoisotopic (exact) mass is 369 g/mol. The lowest BCUT2D eigenvalue weighted by Gasteiger charge is -2.33. The Morgan fingerprint density at radius 3 is 2.52 bits per heavy atom. The Bertz CT molecular complexity index is 698. The van der Waals surface area contributed by atoms with Gasteiger partial charge in [-0.15, -0.1) is 0 Å². The van der Waals surface area contributed by atoms with Crippen LogP contribution in [0.15, 0.2) is 23.1 Å². The molecule has 1 aromatic rings. The molecule has 1 saturated heterocycles. The molecule has 1 N–H and O–H groups in total. The largest absolute Gasteiger partial charge is 0.383 e. The SMILES string of the molecule is CCN1CCN(S(=O)(=O)c2ccc(C)c(C(=O)NCCOC)c2)CC1. The number of methoxy groups -OCH3 is 1. The van der Waals surface area contributed by atoms with Crippen LogP contribution in [0.3, 0.4) is 0 Å². The molecule has 1 heterocycles. The fraction of sp³-hybridized carbons (Fsp3) is 0.588. The van der Waals surface area contributed by atoms with Crippen molar-refractivity contribution in [1.29, 1.82) is 0 Å². The highest BCUT2D eigenvalue weighted by atomic mass is 32.2. The summed E-state index contributed by atoms with van der Waals surface area (Å²) < 4.78 is 32.2. The van der Waals surface area contributed by atoms with Crippen molar-refractivity contribution in [2.24, 2.45) is 0 Å². The third-order valence-corrected chi connectivity index (χ3v) is 6.36. The van der Waals surface area contributed by atoms with Crippen molar-refractivity contribution in [1.82, 2.24) is 14.5 Å². The summed E-state index contributed by atoms with van der Waals surface area (Å²) in [4.78, 5) is 14.7. The number of hydrogen-bond acceptors (Lipinski definition) is 5. The number of piperazine rings is 1. The van der Waals surface area contributed by atoms with Gasteiger partial charge in [-0.2, -0.15) is 4.31 Å². The number of nitrogens with zero attached hydrogens (tertiary/aromatic N) is 2. The number of carbonyl (C=O) groups is 1. The second-order valence-electron chi connectivity index (χ2n) is 6.06. The molecule has 140 valence electrons. The lowest BCUT2D eigenvalue weighted by Crippen LogP contribution is -2.48. The van der Waals surface area contributed by atoms with Crippen LogP contribution in [0, 0.1) is 6.92 Å². The molecule has 1 aliphatic heterocycles. The molecule has 25 heavy (non-hydrogen) atoms. The number of benzene rings is 1. The molecule has 0 aliphatic carbocycles. The van der Waals surface area contributed by atoms with Gasteiger partial charge in [0, 0.05) is 45.4 Å². The van der Waals surface area contributed by atoms with E-state index in [1.165, 1.54) is 10.4 Å². The van der Waals surface area contributed by atoms with E-state index in [2.05, 4.69) is 17.1 Å². The third kappa shape index (κ3) is 4.78. The molecule has 0 aromatic heterocycles. The number of likely N-dealkylation sites (N-methyl/N-ethyl adjacent to an activating group) is 1. The second kappa shape index (κ2) is 8.75. The fourth-order valence-corrected chi connectivity index (χ4v) is 4.25. The first-order chi connectivity index (χ1) is 11.9. The number of rotatable bonds is 7. The molecule has 1 aromatic carbocycles. The molecule has 1 fully saturated rings. The van der Waals surface area contributed by atoms with Crippen LogP contribution >= 0.6 is 0 Å². The maximum Gasteiger partial charge on any atom is 0.251 e. The van der Waals surface area contributed by atoms with E-state index in [4.69, 9.17) is 4.74 Å². The zero-order chi connectivity index (χ0) is 18.4. The first kappa shape index (κ1) is 19.8. The molecule has 0 saturated carbocycles. The summed E-state index contributed by atoms with van der Waals surface area (Å²) in [5.74, 6) is -0.289. The highest BCUT2D eigenvalue weighted by Gasteiger charge is 2.28. The van der Waals surface area contributed by atoms with Crippen molar-refractivity contribution < 1.29 is 17.9 Å². The summed E-state index contributed by atoms with van der Waals surface area (Å²) in [5.41, 5.74) is 1.12. The fourth-order valence-electron chi connectivity index (χ4n) is 2.80. The standard InChI is InChI=1S/C17H27N3O4S/c1-4-19-8-10-20(11-9-19)25(22,23)15-6-5-14(2)16(13-15)17(21)18-7-12-24-3/h5-6,13H,4,7-12H2,1-3H3,(H,18,21). The summed E-state index contributed by atoms with van der Waals surface area (Å²) in [7, 11) is -2.03.